The first-order valence-corrected chi connectivity index (χ1v) is 8.13. The molecule has 1 aliphatic heterocycles. The SMILES string of the molecule is CCCN(C(=O)Cc1noc2ccccc12)C1CCNCC1.Cl. The molecule has 0 saturated carbocycles. The number of hydrogen-bond acceptors (Lipinski definition) is 4. The second kappa shape index (κ2) is 8.31. The van der Waals surface area contributed by atoms with Gasteiger partial charge in [0.2, 0.25) is 5.91 Å². The highest BCUT2D eigenvalue weighted by Crippen LogP contribution is 2.20. The monoisotopic (exact) mass is 337 g/mol. The molecule has 0 unspecified atom stereocenters. The van der Waals surface area contributed by atoms with Gasteiger partial charge in [-0.2, -0.15) is 0 Å². The summed E-state index contributed by atoms with van der Waals surface area (Å²) in [5.41, 5.74) is 1.49. The first-order valence-electron chi connectivity index (χ1n) is 8.13. The number of carbonyl (C=O) groups excluding carboxylic acids is 1. The van der Waals surface area contributed by atoms with Crippen molar-refractivity contribution in [3.05, 3.63) is 30.0 Å². The predicted octanol–water partition coefficient (Wildman–Crippen LogP) is 2.78. The van der Waals surface area contributed by atoms with Gasteiger partial charge in [0, 0.05) is 18.0 Å². The first-order chi connectivity index (χ1) is 10.8. The summed E-state index contributed by atoms with van der Waals surface area (Å²) in [6, 6.07) is 8.06. The molecule has 5 nitrogen and oxygen atoms in total. The van der Waals surface area contributed by atoms with Crippen LogP contribution in [0.15, 0.2) is 28.8 Å². The van der Waals surface area contributed by atoms with Crippen molar-refractivity contribution in [3.8, 4) is 0 Å². The molecule has 0 aliphatic carbocycles. The first kappa shape index (κ1) is 17.8. The molecule has 1 fully saturated rings. The average Bonchev–Trinajstić information content (AvgIpc) is 2.96. The van der Waals surface area contributed by atoms with E-state index >= 15 is 0 Å². The van der Waals surface area contributed by atoms with E-state index in [0.717, 1.165) is 55.6 Å². The van der Waals surface area contributed by atoms with Crippen molar-refractivity contribution in [1.29, 1.82) is 0 Å². The lowest BCUT2D eigenvalue weighted by molar-refractivity contribution is -0.133. The minimum absolute atomic E-state index is 0. The van der Waals surface area contributed by atoms with E-state index in [4.69, 9.17) is 4.52 Å². The van der Waals surface area contributed by atoms with E-state index in [0.29, 0.717) is 12.5 Å². The smallest absolute Gasteiger partial charge is 0.228 e. The fourth-order valence-corrected chi connectivity index (χ4v) is 3.18. The number of para-hydroxylation sites is 1. The molecule has 0 spiro atoms. The maximum absolute atomic E-state index is 12.8. The van der Waals surface area contributed by atoms with Gasteiger partial charge in [0.1, 0.15) is 5.69 Å². The predicted molar refractivity (Wildman–Crippen MR) is 92.9 cm³/mol. The molecule has 0 bridgehead atoms. The van der Waals surface area contributed by atoms with Crippen LogP contribution in [0.1, 0.15) is 31.9 Å². The van der Waals surface area contributed by atoms with Gasteiger partial charge in [0.05, 0.1) is 6.42 Å². The zero-order valence-corrected chi connectivity index (χ0v) is 14.3. The fraction of sp³-hybridized carbons (Fsp3) is 0.529. The normalized spacial score (nSPS) is 15.3. The molecule has 1 N–H and O–H groups in total. The second-order valence-corrected chi connectivity index (χ2v) is 5.87. The Kier molecular flexibility index (Phi) is 6.42. The molecule has 1 amide bonds. The summed E-state index contributed by atoms with van der Waals surface area (Å²) in [6.07, 6.45) is 3.37. The summed E-state index contributed by atoms with van der Waals surface area (Å²) in [5.74, 6) is 0.160. The van der Waals surface area contributed by atoms with Gasteiger partial charge in [-0.05, 0) is 44.5 Å². The van der Waals surface area contributed by atoms with Crippen LogP contribution in [0.4, 0.5) is 0 Å². The Morgan fingerprint density at radius 2 is 2.09 bits per heavy atom. The van der Waals surface area contributed by atoms with Gasteiger partial charge in [-0.15, -0.1) is 12.4 Å². The number of halogens is 1. The van der Waals surface area contributed by atoms with Crippen molar-refractivity contribution in [2.24, 2.45) is 0 Å². The number of benzene rings is 1. The minimum atomic E-state index is 0. The van der Waals surface area contributed by atoms with Crippen molar-refractivity contribution in [2.75, 3.05) is 19.6 Å². The molecule has 126 valence electrons. The third-order valence-electron chi connectivity index (χ3n) is 4.31. The second-order valence-electron chi connectivity index (χ2n) is 5.87. The summed E-state index contributed by atoms with van der Waals surface area (Å²) in [4.78, 5) is 14.8. The Balaban J connectivity index is 0.00000192. The van der Waals surface area contributed by atoms with Crippen molar-refractivity contribution >= 4 is 29.3 Å². The lowest BCUT2D eigenvalue weighted by Gasteiger charge is -2.34. The number of hydrogen-bond donors (Lipinski definition) is 1. The summed E-state index contributed by atoms with van der Waals surface area (Å²) in [7, 11) is 0. The molecule has 3 rings (SSSR count). The number of carbonyl (C=O) groups is 1. The van der Waals surface area contributed by atoms with Crippen LogP contribution in [0.5, 0.6) is 0 Å². The number of amides is 1. The third kappa shape index (κ3) is 4.03. The summed E-state index contributed by atoms with van der Waals surface area (Å²) in [6.45, 7) is 4.92. The van der Waals surface area contributed by atoms with Crippen LogP contribution in [0, 0.1) is 0 Å². The Hall–Kier alpha value is -1.59. The van der Waals surface area contributed by atoms with E-state index in [1.165, 1.54) is 0 Å². The molecule has 6 heteroatoms. The van der Waals surface area contributed by atoms with Gasteiger partial charge in [0.15, 0.2) is 5.58 Å². The van der Waals surface area contributed by atoms with Crippen molar-refractivity contribution < 1.29 is 9.32 Å². The number of fused-ring (bicyclic) bond motifs is 1. The van der Waals surface area contributed by atoms with Gasteiger partial charge >= 0.3 is 0 Å². The van der Waals surface area contributed by atoms with Crippen LogP contribution in [-0.2, 0) is 11.2 Å². The minimum Gasteiger partial charge on any atom is -0.356 e. The lowest BCUT2D eigenvalue weighted by Crippen LogP contribution is -2.47. The van der Waals surface area contributed by atoms with E-state index < -0.39 is 0 Å². The van der Waals surface area contributed by atoms with Crippen molar-refractivity contribution in [1.82, 2.24) is 15.4 Å². The Labute approximate surface area is 142 Å². The molecule has 1 aromatic carbocycles. The van der Waals surface area contributed by atoms with Crippen LogP contribution in [0.25, 0.3) is 11.0 Å². The molecule has 0 atom stereocenters. The molecule has 1 saturated heterocycles. The zero-order valence-electron chi connectivity index (χ0n) is 13.5. The van der Waals surface area contributed by atoms with E-state index in [2.05, 4.69) is 17.4 Å². The van der Waals surface area contributed by atoms with Crippen molar-refractivity contribution in [3.63, 3.8) is 0 Å². The van der Waals surface area contributed by atoms with Gasteiger partial charge < -0.3 is 14.7 Å². The Morgan fingerprint density at radius 1 is 1.35 bits per heavy atom. The Bertz CT molecular complexity index is 638. The zero-order chi connectivity index (χ0) is 15.4. The highest BCUT2D eigenvalue weighted by molar-refractivity contribution is 5.86. The molecule has 0 radical (unpaired) electrons. The van der Waals surface area contributed by atoms with Crippen LogP contribution in [0.2, 0.25) is 0 Å². The number of aromatic nitrogens is 1. The van der Waals surface area contributed by atoms with Crippen molar-refractivity contribution in [2.45, 2.75) is 38.6 Å². The summed E-state index contributed by atoms with van der Waals surface area (Å²) >= 11 is 0. The quantitative estimate of drug-likeness (QED) is 0.911. The molecule has 23 heavy (non-hydrogen) atoms. The fourth-order valence-electron chi connectivity index (χ4n) is 3.18. The van der Waals surface area contributed by atoms with E-state index in [-0.39, 0.29) is 18.3 Å². The highest BCUT2D eigenvalue weighted by Gasteiger charge is 2.25. The summed E-state index contributed by atoms with van der Waals surface area (Å²) < 4.78 is 5.30. The average molecular weight is 338 g/mol. The van der Waals surface area contributed by atoms with E-state index in [1.54, 1.807) is 0 Å². The van der Waals surface area contributed by atoms with Crippen LogP contribution in [0.3, 0.4) is 0 Å². The molecular weight excluding hydrogens is 314 g/mol. The van der Waals surface area contributed by atoms with E-state index in [1.807, 2.05) is 29.2 Å². The molecule has 2 aromatic rings. The largest absolute Gasteiger partial charge is 0.356 e. The standard InChI is InChI=1S/C17H23N3O2.ClH/c1-2-11-20(13-7-9-18-10-8-13)17(21)12-15-14-5-3-4-6-16(14)22-19-15;/h3-6,13,18H,2,7-12H2,1H3;1H. The molecular formula is C17H24ClN3O2. The van der Waals surface area contributed by atoms with Crippen LogP contribution < -0.4 is 5.32 Å². The van der Waals surface area contributed by atoms with Gasteiger partial charge in [-0.25, -0.2) is 0 Å². The lowest BCUT2D eigenvalue weighted by atomic mass is 10.0. The number of nitrogens with zero attached hydrogens (tertiary/aromatic N) is 2. The topological polar surface area (TPSA) is 58.4 Å². The maximum atomic E-state index is 12.8. The summed E-state index contributed by atoms with van der Waals surface area (Å²) in [5, 5.41) is 8.39. The molecule has 2 heterocycles. The van der Waals surface area contributed by atoms with Gasteiger partial charge in [0.25, 0.3) is 0 Å². The molecule has 1 aromatic heterocycles. The van der Waals surface area contributed by atoms with Gasteiger partial charge in [-0.1, -0.05) is 24.2 Å². The maximum Gasteiger partial charge on any atom is 0.228 e. The third-order valence-corrected chi connectivity index (χ3v) is 4.31. The highest BCUT2D eigenvalue weighted by atomic mass is 35.5. The molecule has 1 aliphatic rings. The number of nitrogens with one attached hydrogen (secondary N) is 1. The van der Waals surface area contributed by atoms with Gasteiger partial charge in [-0.3, -0.25) is 4.79 Å². The number of piperidine rings is 1. The number of rotatable bonds is 5. The van der Waals surface area contributed by atoms with Crippen LogP contribution in [-0.4, -0.2) is 41.6 Å². The van der Waals surface area contributed by atoms with Crippen LogP contribution >= 0.6 is 12.4 Å². The van der Waals surface area contributed by atoms with E-state index in [9.17, 15) is 4.79 Å². The Morgan fingerprint density at radius 3 is 2.83 bits per heavy atom.